The number of carbonyl (C=O) groups excluding carboxylic acids is 1. The molecule has 0 spiro atoms. The second-order valence-corrected chi connectivity index (χ2v) is 9.05. The van der Waals surface area contributed by atoms with Gasteiger partial charge in [0.05, 0.1) is 4.92 Å². The predicted octanol–water partition coefficient (Wildman–Crippen LogP) is 3.22. The summed E-state index contributed by atoms with van der Waals surface area (Å²) in [5.74, 6) is 0.360. The van der Waals surface area contributed by atoms with Crippen LogP contribution in [0.1, 0.15) is 36.4 Å². The number of likely N-dealkylation sites (tertiary alicyclic amines) is 1. The summed E-state index contributed by atoms with van der Waals surface area (Å²) in [7, 11) is 2.04. The van der Waals surface area contributed by atoms with Crippen LogP contribution < -0.4 is 5.56 Å². The predicted molar refractivity (Wildman–Crippen MR) is 121 cm³/mol. The van der Waals surface area contributed by atoms with Crippen LogP contribution in [-0.2, 0) is 24.8 Å². The third kappa shape index (κ3) is 3.49. The van der Waals surface area contributed by atoms with E-state index >= 15 is 0 Å². The largest absolute Gasteiger partial charge is 0.350 e. The van der Waals surface area contributed by atoms with Gasteiger partial charge in [-0.3, -0.25) is 19.7 Å². The Morgan fingerprint density at radius 2 is 1.97 bits per heavy atom. The zero-order valence-corrected chi connectivity index (χ0v) is 18.1. The van der Waals surface area contributed by atoms with Crippen molar-refractivity contribution in [2.75, 3.05) is 13.1 Å². The Morgan fingerprint density at radius 1 is 1.16 bits per heavy atom. The molecule has 2 aromatic heterocycles. The molecular formula is C24H26N4O4. The summed E-state index contributed by atoms with van der Waals surface area (Å²) in [6, 6.07) is 11.3. The number of nitrogens with zero attached hydrogens (tertiary/aromatic N) is 4. The summed E-state index contributed by atoms with van der Waals surface area (Å²) >= 11 is 0. The second kappa shape index (κ2) is 7.93. The molecule has 0 N–H and O–H groups in total. The minimum atomic E-state index is -0.619. The Labute approximate surface area is 185 Å². The normalized spacial score (nSPS) is 19.7. The minimum absolute atomic E-state index is 0.0537. The molecule has 2 bridgehead atoms. The molecule has 2 aliphatic heterocycles. The van der Waals surface area contributed by atoms with E-state index in [9.17, 15) is 19.7 Å². The van der Waals surface area contributed by atoms with E-state index in [0.29, 0.717) is 26.1 Å². The maximum absolute atomic E-state index is 13.0. The van der Waals surface area contributed by atoms with E-state index in [4.69, 9.17) is 0 Å². The fourth-order valence-electron chi connectivity index (χ4n) is 5.49. The first-order valence-electron chi connectivity index (χ1n) is 11.1. The lowest BCUT2D eigenvalue weighted by atomic mass is 9.83. The molecule has 32 heavy (non-hydrogen) atoms. The quantitative estimate of drug-likeness (QED) is 0.455. The molecule has 5 rings (SSSR count). The van der Waals surface area contributed by atoms with Crippen LogP contribution in [0.25, 0.3) is 10.9 Å². The number of para-hydroxylation sites is 1. The molecule has 2 atom stereocenters. The van der Waals surface area contributed by atoms with Gasteiger partial charge in [-0.25, -0.2) is 0 Å². The van der Waals surface area contributed by atoms with E-state index in [-0.39, 0.29) is 23.4 Å². The molecule has 8 nitrogen and oxygen atoms in total. The number of carbonyl (C=O) groups is 1. The molecule has 1 aromatic carbocycles. The van der Waals surface area contributed by atoms with Crippen LogP contribution in [-0.4, -0.2) is 38.0 Å². The van der Waals surface area contributed by atoms with Crippen molar-refractivity contribution in [3.05, 3.63) is 74.3 Å². The molecule has 2 unspecified atom stereocenters. The standard InChI is InChI=1S/C24H26N4O4/c1-25-14-17(19-6-2-3-7-21(19)25)5-4-8-23(29)26-12-16-11-18(15-26)20-9-10-22(28(31)32)24(30)27(20)13-16/h2-3,6-7,9-10,14,16,18H,4-5,8,11-13,15H2,1H3. The summed E-state index contributed by atoms with van der Waals surface area (Å²) in [5, 5.41) is 12.4. The van der Waals surface area contributed by atoms with Crippen LogP contribution in [0.5, 0.6) is 0 Å². The number of fused-ring (bicyclic) bond motifs is 5. The molecule has 4 heterocycles. The average molecular weight is 434 g/mol. The second-order valence-electron chi connectivity index (χ2n) is 9.05. The van der Waals surface area contributed by atoms with Crippen molar-refractivity contribution < 1.29 is 9.72 Å². The van der Waals surface area contributed by atoms with Gasteiger partial charge in [0.2, 0.25) is 5.91 Å². The Morgan fingerprint density at radius 3 is 2.78 bits per heavy atom. The highest BCUT2D eigenvalue weighted by Gasteiger charge is 2.37. The Hall–Kier alpha value is -3.42. The number of rotatable bonds is 5. The molecule has 0 aliphatic carbocycles. The van der Waals surface area contributed by atoms with Gasteiger partial charge in [-0.1, -0.05) is 18.2 Å². The van der Waals surface area contributed by atoms with Crippen molar-refractivity contribution in [1.82, 2.24) is 14.0 Å². The molecule has 0 radical (unpaired) electrons. The van der Waals surface area contributed by atoms with Gasteiger partial charge in [0.25, 0.3) is 0 Å². The summed E-state index contributed by atoms with van der Waals surface area (Å²) in [4.78, 5) is 37.9. The lowest BCUT2D eigenvalue weighted by molar-refractivity contribution is -0.386. The van der Waals surface area contributed by atoms with Gasteiger partial charge in [0.15, 0.2) is 0 Å². The maximum Gasteiger partial charge on any atom is 0.334 e. The molecule has 1 fully saturated rings. The van der Waals surface area contributed by atoms with Crippen molar-refractivity contribution >= 4 is 22.5 Å². The van der Waals surface area contributed by atoms with Gasteiger partial charge >= 0.3 is 11.2 Å². The highest BCUT2D eigenvalue weighted by atomic mass is 16.6. The van der Waals surface area contributed by atoms with Crippen molar-refractivity contribution in [1.29, 1.82) is 0 Å². The number of pyridine rings is 1. The van der Waals surface area contributed by atoms with Crippen LogP contribution in [0.4, 0.5) is 5.69 Å². The van der Waals surface area contributed by atoms with Crippen molar-refractivity contribution in [3.63, 3.8) is 0 Å². The van der Waals surface area contributed by atoms with Crippen LogP contribution in [0.2, 0.25) is 0 Å². The Bertz CT molecular complexity index is 1270. The number of hydrogen-bond donors (Lipinski definition) is 0. The first-order chi connectivity index (χ1) is 15.4. The number of hydrogen-bond acceptors (Lipinski definition) is 4. The fraction of sp³-hybridized carbons (Fsp3) is 0.417. The monoisotopic (exact) mass is 434 g/mol. The number of piperidine rings is 1. The third-order valence-corrected chi connectivity index (χ3v) is 6.95. The van der Waals surface area contributed by atoms with Gasteiger partial charge in [0, 0.05) is 67.9 Å². The summed E-state index contributed by atoms with van der Waals surface area (Å²) in [6.45, 7) is 1.62. The van der Waals surface area contributed by atoms with Gasteiger partial charge in [-0.15, -0.1) is 0 Å². The number of aromatic nitrogens is 2. The third-order valence-electron chi connectivity index (χ3n) is 6.95. The van der Waals surface area contributed by atoms with Crippen LogP contribution in [0.15, 0.2) is 47.4 Å². The van der Waals surface area contributed by atoms with Crippen LogP contribution in [0, 0.1) is 16.0 Å². The highest BCUT2D eigenvalue weighted by Crippen LogP contribution is 2.36. The summed E-state index contributed by atoms with van der Waals surface area (Å²) < 4.78 is 3.68. The van der Waals surface area contributed by atoms with Crippen molar-refractivity contribution in [3.8, 4) is 0 Å². The van der Waals surface area contributed by atoms with Crippen molar-refractivity contribution in [2.24, 2.45) is 13.0 Å². The van der Waals surface area contributed by atoms with Crippen LogP contribution >= 0.6 is 0 Å². The zero-order chi connectivity index (χ0) is 22.4. The first-order valence-corrected chi connectivity index (χ1v) is 11.1. The maximum atomic E-state index is 13.0. The first kappa shape index (κ1) is 20.5. The van der Waals surface area contributed by atoms with Crippen LogP contribution in [0.3, 0.4) is 0 Å². The van der Waals surface area contributed by atoms with E-state index in [1.54, 1.807) is 10.6 Å². The van der Waals surface area contributed by atoms with Gasteiger partial charge in [-0.05, 0) is 42.9 Å². The molecule has 1 saturated heterocycles. The molecule has 1 amide bonds. The molecule has 3 aromatic rings. The average Bonchev–Trinajstić information content (AvgIpc) is 3.10. The highest BCUT2D eigenvalue weighted by molar-refractivity contribution is 5.84. The Kier molecular flexibility index (Phi) is 5.07. The summed E-state index contributed by atoms with van der Waals surface area (Å²) in [5.41, 5.74) is 2.37. The van der Waals surface area contributed by atoms with Crippen molar-refractivity contribution in [2.45, 2.75) is 38.1 Å². The summed E-state index contributed by atoms with van der Waals surface area (Å²) in [6.07, 6.45) is 5.21. The molecule has 0 saturated carbocycles. The van der Waals surface area contributed by atoms with E-state index in [1.807, 2.05) is 24.1 Å². The number of amides is 1. The minimum Gasteiger partial charge on any atom is -0.350 e. The fourth-order valence-corrected chi connectivity index (χ4v) is 5.49. The SMILES string of the molecule is Cn1cc(CCCC(=O)N2CC3CC(C2)c2ccc([N+](=O)[O-])c(=O)n2C3)c2ccccc21. The zero-order valence-electron chi connectivity index (χ0n) is 18.1. The molecule has 8 heteroatoms. The smallest absolute Gasteiger partial charge is 0.334 e. The van der Waals surface area contributed by atoms with E-state index in [1.165, 1.54) is 22.5 Å². The molecular weight excluding hydrogens is 408 g/mol. The lowest BCUT2D eigenvalue weighted by Crippen LogP contribution is -2.49. The Balaban J connectivity index is 1.25. The van der Waals surface area contributed by atoms with E-state index in [2.05, 4.69) is 22.9 Å². The topological polar surface area (TPSA) is 90.4 Å². The number of aryl methyl sites for hydroxylation is 2. The van der Waals surface area contributed by atoms with E-state index < -0.39 is 10.5 Å². The molecule has 2 aliphatic rings. The van der Waals surface area contributed by atoms with Gasteiger partial charge < -0.3 is 14.0 Å². The number of nitro groups is 1. The molecule has 166 valence electrons. The number of benzene rings is 1. The van der Waals surface area contributed by atoms with Gasteiger partial charge in [-0.2, -0.15) is 0 Å². The lowest BCUT2D eigenvalue weighted by Gasteiger charge is -2.42. The van der Waals surface area contributed by atoms with Gasteiger partial charge in [0.1, 0.15) is 0 Å². The van der Waals surface area contributed by atoms with E-state index in [0.717, 1.165) is 25.0 Å².